The van der Waals surface area contributed by atoms with Crippen molar-refractivity contribution in [1.82, 2.24) is 10.2 Å². The Morgan fingerprint density at radius 2 is 1.62 bits per heavy atom. The molecule has 2 aromatic rings. The van der Waals surface area contributed by atoms with Crippen LogP contribution in [0.1, 0.15) is 35.8 Å². The molecule has 1 atom stereocenters. The first kappa shape index (κ1) is 19.6. The van der Waals surface area contributed by atoms with Gasteiger partial charge in [0.05, 0.1) is 0 Å². The Kier molecular flexibility index (Phi) is 6.46. The molecule has 0 spiro atoms. The number of hydrogen-bond donors (Lipinski definition) is 2. The van der Waals surface area contributed by atoms with Crippen LogP contribution in [0.5, 0.6) is 0 Å². The number of hydrogen-bond acceptors (Lipinski definition) is 3. The van der Waals surface area contributed by atoms with Gasteiger partial charge in [-0.3, -0.25) is 14.5 Å². The first-order valence-electron chi connectivity index (χ1n) is 8.42. The van der Waals surface area contributed by atoms with E-state index < -0.39 is 11.9 Å². The summed E-state index contributed by atoms with van der Waals surface area (Å²) >= 11 is 0. The molecule has 2 aromatic carbocycles. The van der Waals surface area contributed by atoms with Crippen LogP contribution in [0.15, 0.2) is 48.5 Å². The fraction of sp³-hybridized carbons (Fsp3) is 0.300. The van der Waals surface area contributed by atoms with Crippen molar-refractivity contribution in [3.05, 3.63) is 65.5 Å². The zero-order chi connectivity index (χ0) is 19.3. The van der Waals surface area contributed by atoms with Gasteiger partial charge in [-0.2, -0.15) is 0 Å². The molecule has 0 fully saturated rings. The maximum atomic E-state index is 14.1. The maximum Gasteiger partial charge on any atom is 0.251 e. The molecule has 138 valence electrons. The second-order valence-electron chi connectivity index (χ2n) is 6.58. The van der Waals surface area contributed by atoms with E-state index >= 15 is 0 Å². The predicted molar refractivity (Wildman–Crippen MR) is 101 cm³/mol. The largest absolute Gasteiger partial charge is 0.350 e. The molecular formula is C20H24FN3O2. The van der Waals surface area contributed by atoms with Crippen LogP contribution in [0.2, 0.25) is 0 Å². The first-order chi connectivity index (χ1) is 12.3. The van der Waals surface area contributed by atoms with E-state index in [0.29, 0.717) is 16.8 Å². The van der Waals surface area contributed by atoms with Crippen molar-refractivity contribution < 1.29 is 14.0 Å². The summed E-state index contributed by atoms with van der Waals surface area (Å²) in [6.45, 7) is 3.77. The van der Waals surface area contributed by atoms with E-state index in [0.717, 1.165) is 0 Å². The van der Waals surface area contributed by atoms with E-state index in [-0.39, 0.29) is 17.9 Å². The van der Waals surface area contributed by atoms with Gasteiger partial charge in [0.2, 0.25) is 5.91 Å². The van der Waals surface area contributed by atoms with Crippen LogP contribution in [-0.4, -0.2) is 36.9 Å². The topological polar surface area (TPSA) is 61.4 Å². The normalized spacial score (nSPS) is 12.1. The molecule has 1 unspecified atom stereocenters. The molecule has 0 aromatic heterocycles. The third-order valence-electron chi connectivity index (χ3n) is 3.80. The van der Waals surface area contributed by atoms with Crippen LogP contribution < -0.4 is 10.6 Å². The summed E-state index contributed by atoms with van der Waals surface area (Å²) < 4.78 is 14.1. The molecule has 0 bridgehead atoms. The lowest BCUT2D eigenvalue weighted by Crippen LogP contribution is -2.33. The van der Waals surface area contributed by atoms with Gasteiger partial charge in [0, 0.05) is 22.9 Å². The van der Waals surface area contributed by atoms with Gasteiger partial charge in [0.15, 0.2) is 0 Å². The molecule has 0 saturated carbocycles. The van der Waals surface area contributed by atoms with Gasteiger partial charge < -0.3 is 10.6 Å². The van der Waals surface area contributed by atoms with E-state index in [9.17, 15) is 14.0 Å². The van der Waals surface area contributed by atoms with Gasteiger partial charge in [-0.15, -0.1) is 0 Å². The van der Waals surface area contributed by atoms with Crippen molar-refractivity contribution in [2.24, 2.45) is 0 Å². The molecule has 0 saturated heterocycles. The van der Waals surface area contributed by atoms with Crippen LogP contribution in [0.4, 0.5) is 10.1 Å². The molecular weight excluding hydrogens is 333 g/mol. The van der Waals surface area contributed by atoms with Crippen molar-refractivity contribution in [3.63, 3.8) is 0 Å². The number of carbonyl (C=O) groups excluding carboxylic acids is 2. The SMILES string of the molecule is CC(C)NC(=O)c1ccc(NC(=O)C(c2ccccc2F)N(C)C)cc1. The average molecular weight is 357 g/mol. The average Bonchev–Trinajstić information content (AvgIpc) is 2.56. The molecule has 0 aliphatic rings. The Morgan fingerprint density at radius 1 is 1.00 bits per heavy atom. The number of halogens is 1. The molecule has 26 heavy (non-hydrogen) atoms. The highest BCUT2D eigenvalue weighted by molar-refractivity contribution is 5.97. The summed E-state index contributed by atoms with van der Waals surface area (Å²) in [5.74, 6) is -0.947. The molecule has 0 radical (unpaired) electrons. The number of anilines is 1. The van der Waals surface area contributed by atoms with E-state index in [1.165, 1.54) is 6.07 Å². The van der Waals surface area contributed by atoms with Crippen molar-refractivity contribution in [3.8, 4) is 0 Å². The minimum absolute atomic E-state index is 0.0449. The molecule has 5 nitrogen and oxygen atoms in total. The Bertz CT molecular complexity index is 773. The third-order valence-corrected chi connectivity index (χ3v) is 3.80. The molecule has 6 heteroatoms. The highest BCUT2D eigenvalue weighted by Gasteiger charge is 2.25. The molecule has 0 aliphatic heterocycles. The lowest BCUT2D eigenvalue weighted by atomic mass is 10.0. The lowest BCUT2D eigenvalue weighted by Gasteiger charge is -2.24. The minimum Gasteiger partial charge on any atom is -0.350 e. The Morgan fingerprint density at radius 3 is 2.15 bits per heavy atom. The number of carbonyl (C=O) groups is 2. The van der Waals surface area contributed by atoms with Gasteiger partial charge in [-0.1, -0.05) is 18.2 Å². The van der Waals surface area contributed by atoms with E-state index in [2.05, 4.69) is 10.6 Å². The smallest absolute Gasteiger partial charge is 0.251 e. The van der Waals surface area contributed by atoms with Crippen LogP contribution in [-0.2, 0) is 4.79 Å². The van der Waals surface area contributed by atoms with Crippen LogP contribution >= 0.6 is 0 Å². The second kappa shape index (κ2) is 8.58. The zero-order valence-electron chi connectivity index (χ0n) is 15.4. The van der Waals surface area contributed by atoms with Crippen LogP contribution in [0.25, 0.3) is 0 Å². The first-order valence-corrected chi connectivity index (χ1v) is 8.42. The highest BCUT2D eigenvalue weighted by Crippen LogP contribution is 2.23. The summed E-state index contributed by atoms with van der Waals surface area (Å²) in [5.41, 5.74) is 1.36. The number of amides is 2. The van der Waals surface area contributed by atoms with E-state index in [4.69, 9.17) is 0 Å². The fourth-order valence-corrected chi connectivity index (χ4v) is 2.61. The maximum absolute atomic E-state index is 14.1. The van der Waals surface area contributed by atoms with E-state index in [1.54, 1.807) is 61.5 Å². The number of rotatable bonds is 6. The number of likely N-dealkylation sites (N-methyl/N-ethyl adjacent to an activating group) is 1. The fourth-order valence-electron chi connectivity index (χ4n) is 2.61. The monoisotopic (exact) mass is 357 g/mol. The zero-order valence-corrected chi connectivity index (χ0v) is 15.4. The summed E-state index contributed by atoms with van der Waals surface area (Å²) in [6, 6.07) is 12.1. The van der Waals surface area contributed by atoms with Gasteiger partial charge >= 0.3 is 0 Å². The minimum atomic E-state index is -0.764. The number of nitrogens with one attached hydrogen (secondary N) is 2. The Hall–Kier alpha value is -2.73. The van der Waals surface area contributed by atoms with Crippen LogP contribution in [0.3, 0.4) is 0 Å². The van der Waals surface area contributed by atoms with Gasteiger partial charge in [0.25, 0.3) is 5.91 Å². The number of nitrogens with zero attached hydrogens (tertiary/aromatic N) is 1. The van der Waals surface area contributed by atoms with Crippen molar-refractivity contribution in [2.45, 2.75) is 25.9 Å². The third kappa shape index (κ3) is 4.89. The van der Waals surface area contributed by atoms with Gasteiger partial charge in [-0.25, -0.2) is 4.39 Å². The Labute approximate surface area is 153 Å². The Balaban J connectivity index is 2.15. The van der Waals surface area contributed by atoms with Crippen molar-refractivity contribution in [2.75, 3.05) is 19.4 Å². The van der Waals surface area contributed by atoms with Crippen LogP contribution in [0, 0.1) is 5.82 Å². The number of benzene rings is 2. The van der Waals surface area contributed by atoms with Gasteiger partial charge in [-0.05, 0) is 58.3 Å². The van der Waals surface area contributed by atoms with Crippen molar-refractivity contribution >= 4 is 17.5 Å². The lowest BCUT2D eigenvalue weighted by molar-refractivity contribution is -0.120. The summed E-state index contributed by atoms with van der Waals surface area (Å²) in [5, 5.41) is 5.58. The molecule has 2 rings (SSSR count). The summed E-state index contributed by atoms with van der Waals surface area (Å²) in [7, 11) is 3.44. The summed E-state index contributed by atoms with van der Waals surface area (Å²) in [6.07, 6.45) is 0. The second-order valence-corrected chi connectivity index (χ2v) is 6.58. The molecule has 2 amide bonds. The molecule has 0 aliphatic carbocycles. The predicted octanol–water partition coefficient (Wildman–Crippen LogP) is 3.21. The standard InChI is InChI=1S/C20H24FN3O2/c1-13(2)22-19(25)14-9-11-15(12-10-14)23-20(26)18(24(3)4)16-7-5-6-8-17(16)21/h5-13,18H,1-4H3,(H,22,25)(H,23,26). The quantitative estimate of drug-likeness (QED) is 0.835. The van der Waals surface area contributed by atoms with Crippen molar-refractivity contribution in [1.29, 1.82) is 0 Å². The summed E-state index contributed by atoms with van der Waals surface area (Å²) in [4.78, 5) is 26.3. The molecule has 0 heterocycles. The van der Waals surface area contributed by atoms with Gasteiger partial charge in [0.1, 0.15) is 11.9 Å². The van der Waals surface area contributed by atoms with E-state index in [1.807, 2.05) is 13.8 Å². The highest BCUT2D eigenvalue weighted by atomic mass is 19.1. The molecule has 2 N–H and O–H groups in total.